The van der Waals surface area contributed by atoms with Crippen molar-refractivity contribution in [2.45, 2.75) is 6.17 Å². The molecule has 0 spiro atoms. The molecule has 2 aromatic rings. The van der Waals surface area contributed by atoms with Crippen molar-refractivity contribution in [3.8, 4) is 0 Å². The first-order chi connectivity index (χ1) is 11.1. The van der Waals surface area contributed by atoms with Gasteiger partial charge < -0.3 is 15.0 Å². The molecule has 1 N–H and O–H groups in total. The molecular formula is C17H16F2N2O2. The van der Waals surface area contributed by atoms with E-state index < -0.39 is 17.8 Å². The highest BCUT2D eigenvalue weighted by atomic mass is 19.1. The molecule has 4 nitrogen and oxygen atoms in total. The molecule has 2 aromatic carbocycles. The molecule has 23 heavy (non-hydrogen) atoms. The molecular weight excluding hydrogens is 302 g/mol. The van der Waals surface area contributed by atoms with Crippen molar-refractivity contribution in [2.24, 2.45) is 0 Å². The molecule has 0 fully saturated rings. The second-order valence-corrected chi connectivity index (χ2v) is 5.22. The number of amides is 1. The lowest BCUT2D eigenvalue weighted by Crippen LogP contribution is -2.45. The predicted molar refractivity (Wildman–Crippen MR) is 82.1 cm³/mol. The Morgan fingerprint density at radius 3 is 2.52 bits per heavy atom. The third kappa shape index (κ3) is 2.77. The Labute approximate surface area is 132 Å². The molecule has 3 rings (SSSR count). The average molecular weight is 318 g/mol. The topological polar surface area (TPSA) is 41.6 Å². The lowest BCUT2D eigenvalue weighted by molar-refractivity contribution is 0.0602. The van der Waals surface area contributed by atoms with E-state index in [1.165, 1.54) is 30.2 Å². The number of fused-ring (bicyclic) bond motifs is 1. The highest BCUT2D eigenvalue weighted by Gasteiger charge is 2.35. The second-order valence-electron chi connectivity index (χ2n) is 5.22. The number of carbonyl (C=O) groups is 1. The predicted octanol–water partition coefficient (Wildman–Crippen LogP) is 3.18. The van der Waals surface area contributed by atoms with Gasteiger partial charge in [-0.15, -0.1) is 0 Å². The summed E-state index contributed by atoms with van der Waals surface area (Å²) < 4.78 is 33.4. The number of benzene rings is 2. The van der Waals surface area contributed by atoms with Crippen LogP contribution in [0.15, 0.2) is 42.5 Å². The summed E-state index contributed by atoms with van der Waals surface area (Å²) in [7, 11) is 1.51. The van der Waals surface area contributed by atoms with Crippen molar-refractivity contribution < 1.29 is 18.3 Å². The number of anilines is 1. The summed E-state index contributed by atoms with van der Waals surface area (Å²) in [5, 5.41) is 3.05. The van der Waals surface area contributed by atoms with Crippen molar-refractivity contribution in [1.29, 1.82) is 0 Å². The van der Waals surface area contributed by atoms with E-state index in [-0.39, 0.29) is 24.6 Å². The van der Waals surface area contributed by atoms with Crippen molar-refractivity contribution >= 4 is 11.6 Å². The van der Waals surface area contributed by atoms with Gasteiger partial charge in [0.15, 0.2) is 0 Å². The van der Waals surface area contributed by atoms with E-state index in [1.54, 1.807) is 24.3 Å². The number of hydrogen-bond acceptors (Lipinski definition) is 3. The molecule has 0 bridgehead atoms. The SMILES string of the molecule is COCCN1C(=O)c2ccccc2NC1c1c(F)cccc1F. The van der Waals surface area contributed by atoms with Gasteiger partial charge in [0.05, 0.1) is 17.7 Å². The van der Waals surface area contributed by atoms with Gasteiger partial charge in [-0.05, 0) is 24.3 Å². The standard InChI is InChI=1S/C17H16F2N2O2/c1-23-10-9-21-16(15-12(18)6-4-7-13(15)19)20-14-8-3-2-5-11(14)17(21)22/h2-8,16,20H,9-10H2,1H3. The van der Waals surface area contributed by atoms with Crippen molar-refractivity contribution in [2.75, 3.05) is 25.6 Å². The fourth-order valence-electron chi connectivity index (χ4n) is 2.71. The van der Waals surface area contributed by atoms with Crippen molar-refractivity contribution in [1.82, 2.24) is 4.90 Å². The van der Waals surface area contributed by atoms with E-state index in [1.807, 2.05) is 0 Å². The van der Waals surface area contributed by atoms with Crippen molar-refractivity contribution in [3.05, 3.63) is 65.2 Å². The summed E-state index contributed by atoms with van der Waals surface area (Å²) in [5.74, 6) is -1.68. The molecule has 6 heteroatoms. The minimum atomic E-state index is -0.922. The number of para-hydroxylation sites is 1. The zero-order valence-corrected chi connectivity index (χ0v) is 12.6. The molecule has 1 atom stereocenters. The number of rotatable bonds is 4. The van der Waals surface area contributed by atoms with Gasteiger partial charge in [-0.2, -0.15) is 0 Å². The quantitative estimate of drug-likeness (QED) is 0.941. The Hall–Kier alpha value is -2.47. The molecule has 1 unspecified atom stereocenters. The van der Waals surface area contributed by atoms with Gasteiger partial charge in [0.25, 0.3) is 5.91 Å². The maximum Gasteiger partial charge on any atom is 0.257 e. The first-order valence-electron chi connectivity index (χ1n) is 7.23. The summed E-state index contributed by atoms with van der Waals surface area (Å²) in [4.78, 5) is 14.1. The fraction of sp³-hybridized carbons (Fsp3) is 0.235. The minimum Gasteiger partial charge on any atom is -0.383 e. The smallest absolute Gasteiger partial charge is 0.257 e. The minimum absolute atomic E-state index is 0.175. The largest absolute Gasteiger partial charge is 0.383 e. The number of hydrogen-bond donors (Lipinski definition) is 1. The fourth-order valence-corrected chi connectivity index (χ4v) is 2.71. The van der Waals surface area contributed by atoms with E-state index in [2.05, 4.69) is 5.32 Å². The summed E-state index contributed by atoms with van der Waals surface area (Å²) >= 11 is 0. The summed E-state index contributed by atoms with van der Waals surface area (Å²) in [6.07, 6.45) is -0.922. The maximum atomic E-state index is 14.2. The first-order valence-corrected chi connectivity index (χ1v) is 7.23. The third-order valence-electron chi connectivity index (χ3n) is 3.83. The van der Waals surface area contributed by atoms with Crippen LogP contribution in [0.3, 0.4) is 0 Å². The molecule has 1 aliphatic heterocycles. The number of methoxy groups -OCH3 is 1. The van der Waals surface area contributed by atoms with Gasteiger partial charge in [-0.25, -0.2) is 8.78 Å². The first kappa shape index (κ1) is 15.4. The molecule has 0 aromatic heterocycles. The van der Waals surface area contributed by atoms with Gasteiger partial charge in [0, 0.05) is 19.3 Å². The van der Waals surface area contributed by atoms with Crippen LogP contribution in [0.5, 0.6) is 0 Å². The van der Waals surface area contributed by atoms with E-state index in [4.69, 9.17) is 4.74 Å². The van der Waals surface area contributed by atoms with Gasteiger partial charge in [0.1, 0.15) is 17.8 Å². The molecule has 0 radical (unpaired) electrons. The molecule has 120 valence electrons. The lowest BCUT2D eigenvalue weighted by Gasteiger charge is -2.38. The highest BCUT2D eigenvalue weighted by Crippen LogP contribution is 2.34. The van der Waals surface area contributed by atoms with Crippen molar-refractivity contribution in [3.63, 3.8) is 0 Å². The van der Waals surface area contributed by atoms with Gasteiger partial charge in [-0.3, -0.25) is 4.79 Å². The van der Waals surface area contributed by atoms with Crippen LogP contribution in [0.2, 0.25) is 0 Å². The normalized spacial score (nSPS) is 16.9. The molecule has 1 heterocycles. The van der Waals surface area contributed by atoms with Gasteiger partial charge in [-0.1, -0.05) is 18.2 Å². The molecule has 1 aliphatic rings. The zero-order chi connectivity index (χ0) is 16.4. The van der Waals surface area contributed by atoms with Gasteiger partial charge >= 0.3 is 0 Å². The lowest BCUT2D eigenvalue weighted by atomic mass is 10.0. The molecule has 1 amide bonds. The number of halogens is 2. The monoisotopic (exact) mass is 318 g/mol. The van der Waals surface area contributed by atoms with E-state index in [0.29, 0.717) is 11.3 Å². The van der Waals surface area contributed by atoms with Crippen LogP contribution in [-0.2, 0) is 4.74 Å². The van der Waals surface area contributed by atoms with Crippen LogP contribution in [-0.4, -0.2) is 31.1 Å². The number of carbonyl (C=O) groups excluding carboxylic acids is 1. The Bertz CT molecular complexity index is 716. The highest BCUT2D eigenvalue weighted by molar-refractivity contribution is 6.01. The molecule has 0 saturated carbocycles. The Balaban J connectivity index is 2.08. The van der Waals surface area contributed by atoms with Crippen LogP contribution in [0.1, 0.15) is 22.1 Å². The molecule has 0 saturated heterocycles. The van der Waals surface area contributed by atoms with Crippen LogP contribution in [0.4, 0.5) is 14.5 Å². The summed E-state index contributed by atoms with van der Waals surface area (Å²) in [6, 6.07) is 10.6. The summed E-state index contributed by atoms with van der Waals surface area (Å²) in [5.41, 5.74) is 0.849. The Morgan fingerprint density at radius 1 is 1.13 bits per heavy atom. The number of nitrogens with one attached hydrogen (secondary N) is 1. The zero-order valence-electron chi connectivity index (χ0n) is 12.6. The summed E-state index contributed by atoms with van der Waals surface area (Å²) in [6.45, 7) is 0.483. The second kappa shape index (κ2) is 6.34. The van der Waals surface area contributed by atoms with Crippen LogP contribution in [0.25, 0.3) is 0 Å². The Kier molecular flexibility index (Phi) is 4.25. The van der Waals surface area contributed by atoms with E-state index in [9.17, 15) is 13.6 Å². The number of ether oxygens (including phenoxy) is 1. The van der Waals surface area contributed by atoms with Gasteiger partial charge in [0.2, 0.25) is 0 Å². The molecule has 0 aliphatic carbocycles. The van der Waals surface area contributed by atoms with Crippen LogP contribution < -0.4 is 5.32 Å². The maximum absolute atomic E-state index is 14.2. The average Bonchev–Trinajstić information content (AvgIpc) is 2.54. The van der Waals surface area contributed by atoms with E-state index in [0.717, 1.165) is 0 Å². The Morgan fingerprint density at radius 2 is 1.83 bits per heavy atom. The van der Waals surface area contributed by atoms with Crippen LogP contribution in [0, 0.1) is 11.6 Å². The van der Waals surface area contributed by atoms with E-state index >= 15 is 0 Å². The third-order valence-corrected chi connectivity index (χ3v) is 3.83. The van der Waals surface area contributed by atoms with Crippen LogP contribution >= 0.6 is 0 Å². The number of nitrogens with zero attached hydrogens (tertiary/aromatic N) is 1.